The molecule has 2 rings (SSSR count). The average molecular weight is 429 g/mol. The molecule has 5 nitrogen and oxygen atoms in total. The molecule has 0 heterocycles. The molecule has 146 valence electrons. The van der Waals surface area contributed by atoms with Crippen molar-refractivity contribution < 1.29 is 13.2 Å². The molecule has 27 heavy (non-hydrogen) atoms. The highest BCUT2D eigenvalue weighted by Crippen LogP contribution is 2.30. The molecule has 0 spiro atoms. The molecule has 0 unspecified atom stereocenters. The van der Waals surface area contributed by atoms with Crippen LogP contribution in [0, 0.1) is 0 Å². The summed E-state index contributed by atoms with van der Waals surface area (Å²) in [5, 5.41) is 3.26. The number of benzene rings is 2. The number of halogens is 2. The van der Waals surface area contributed by atoms with E-state index in [-0.39, 0.29) is 10.7 Å². The van der Waals surface area contributed by atoms with Gasteiger partial charge in [0.15, 0.2) is 0 Å². The summed E-state index contributed by atoms with van der Waals surface area (Å²) >= 11 is 11.9. The molecule has 0 saturated carbocycles. The summed E-state index contributed by atoms with van der Waals surface area (Å²) in [6.07, 6.45) is 1.04. The van der Waals surface area contributed by atoms with Crippen molar-refractivity contribution in [1.82, 2.24) is 0 Å². The van der Waals surface area contributed by atoms with Crippen molar-refractivity contribution in [2.45, 2.75) is 32.7 Å². The Kier molecular flexibility index (Phi) is 6.78. The fraction of sp³-hybridized carbons (Fsp3) is 0.316. The highest BCUT2D eigenvalue weighted by molar-refractivity contribution is 7.92. The van der Waals surface area contributed by atoms with Gasteiger partial charge in [0.1, 0.15) is 6.04 Å². The van der Waals surface area contributed by atoms with Gasteiger partial charge in [0, 0.05) is 5.69 Å². The second kappa shape index (κ2) is 8.50. The molecule has 0 aliphatic heterocycles. The molecule has 1 N–H and O–H groups in total. The van der Waals surface area contributed by atoms with Crippen molar-refractivity contribution in [3.8, 4) is 0 Å². The lowest BCUT2D eigenvalue weighted by molar-refractivity contribution is -0.116. The number of carbonyl (C=O) groups excluding carboxylic acids is 1. The molecule has 2 aromatic rings. The molecule has 0 aliphatic rings. The van der Waals surface area contributed by atoms with Crippen LogP contribution in [0.4, 0.5) is 11.4 Å². The summed E-state index contributed by atoms with van der Waals surface area (Å²) in [4.78, 5) is 12.7. The van der Waals surface area contributed by atoms with Crippen molar-refractivity contribution in [3.63, 3.8) is 0 Å². The first-order chi connectivity index (χ1) is 12.5. The number of hydrogen-bond donors (Lipinski definition) is 1. The lowest BCUT2D eigenvalue weighted by Gasteiger charge is -2.28. The van der Waals surface area contributed by atoms with Crippen LogP contribution in [0.1, 0.15) is 32.3 Å². The molecular weight excluding hydrogens is 407 g/mol. The zero-order valence-electron chi connectivity index (χ0n) is 15.5. The van der Waals surface area contributed by atoms with Crippen molar-refractivity contribution >= 4 is 50.5 Å². The van der Waals surface area contributed by atoms with Crippen LogP contribution in [0.2, 0.25) is 10.0 Å². The first-order valence-corrected chi connectivity index (χ1v) is 11.0. The third-order valence-electron chi connectivity index (χ3n) is 4.09. The number of rotatable bonds is 6. The number of carbonyl (C=O) groups is 1. The monoisotopic (exact) mass is 428 g/mol. The average Bonchev–Trinajstić information content (AvgIpc) is 2.57. The molecule has 0 radical (unpaired) electrons. The van der Waals surface area contributed by atoms with E-state index >= 15 is 0 Å². The molecule has 0 aromatic heterocycles. The molecule has 0 fully saturated rings. The Morgan fingerprint density at radius 2 is 1.59 bits per heavy atom. The third-order valence-corrected chi connectivity index (χ3v) is 6.07. The van der Waals surface area contributed by atoms with Crippen molar-refractivity contribution in [3.05, 3.63) is 58.1 Å². The fourth-order valence-electron chi connectivity index (χ4n) is 2.63. The maximum atomic E-state index is 12.7. The Morgan fingerprint density at radius 1 is 1.00 bits per heavy atom. The van der Waals surface area contributed by atoms with E-state index in [4.69, 9.17) is 23.2 Å². The standard InChI is InChI=1S/C19H22Cl2N2O3S/c1-12(2)14-5-7-15(8-6-14)22-19(24)13(3)23(27(4,25)26)16-9-10-17(20)18(21)11-16/h5-13H,1-4H3,(H,22,24)/t13-/m0/s1. The summed E-state index contributed by atoms with van der Waals surface area (Å²) in [5.74, 6) is -0.0761. The molecule has 1 amide bonds. The van der Waals surface area contributed by atoms with Crippen molar-refractivity contribution in [1.29, 1.82) is 0 Å². The van der Waals surface area contributed by atoms with Gasteiger partial charge in [-0.15, -0.1) is 0 Å². The Morgan fingerprint density at radius 3 is 2.07 bits per heavy atom. The van der Waals surface area contributed by atoms with Gasteiger partial charge in [-0.1, -0.05) is 49.2 Å². The molecule has 2 aromatic carbocycles. The highest BCUT2D eigenvalue weighted by Gasteiger charge is 2.29. The number of amides is 1. The topological polar surface area (TPSA) is 66.5 Å². The van der Waals surface area contributed by atoms with E-state index in [0.29, 0.717) is 16.6 Å². The minimum Gasteiger partial charge on any atom is -0.324 e. The van der Waals surface area contributed by atoms with E-state index in [0.717, 1.165) is 16.1 Å². The Labute approximate surface area is 170 Å². The van der Waals surface area contributed by atoms with E-state index in [2.05, 4.69) is 19.2 Å². The molecule has 8 heteroatoms. The van der Waals surface area contributed by atoms with Gasteiger partial charge in [-0.3, -0.25) is 9.10 Å². The van der Waals surface area contributed by atoms with Gasteiger partial charge < -0.3 is 5.32 Å². The van der Waals surface area contributed by atoms with Crippen LogP contribution in [0.15, 0.2) is 42.5 Å². The highest BCUT2D eigenvalue weighted by atomic mass is 35.5. The summed E-state index contributed by atoms with van der Waals surface area (Å²) in [7, 11) is -3.73. The third kappa shape index (κ3) is 5.37. The van der Waals surface area contributed by atoms with E-state index < -0.39 is 22.0 Å². The van der Waals surface area contributed by atoms with Crippen LogP contribution >= 0.6 is 23.2 Å². The quantitative estimate of drug-likeness (QED) is 0.710. The zero-order chi connectivity index (χ0) is 20.4. The Balaban J connectivity index is 2.28. The number of sulfonamides is 1. The van der Waals surface area contributed by atoms with E-state index in [1.54, 1.807) is 12.1 Å². The maximum absolute atomic E-state index is 12.7. The lowest BCUT2D eigenvalue weighted by atomic mass is 10.0. The van der Waals surface area contributed by atoms with Gasteiger partial charge >= 0.3 is 0 Å². The first kappa shape index (κ1) is 21.5. The van der Waals surface area contributed by atoms with Crippen LogP contribution in [0.3, 0.4) is 0 Å². The van der Waals surface area contributed by atoms with E-state index in [9.17, 15) is 13.2 Å². The van der Waals surface area contributed by atoms with Gasteiger partial charge in [-0.25, -0.2) is 8.42 Å². The van der Waals surface area contributed by atoms with Gasteiger partial charge in [-0.2, -0.15) is 0 Å². The summed E-state index contributed by atoms with van der Waals surface area (Å²) in [6.45, 7) is 5.68. The number of anilines is 2. The van der Waals surface area contributed by atoms with Crippen LogP contribution in [-0.2, 0) is 14.8 Å². The summed E-state index contributed by atoms with van der Waals surface area (Å²) in [6, 6.07) is 10.9. The second-order valence-electron chi connectivity index (χ2n) is 6.60. The SMILES string of the molecule is CC(C)c1ccc(NC(=O)[C@H](C)N(c2ccc(Cl)c(Cl)c2)S(C)(=O)=O)cc1. The fourth-order valence-corrected chi connectivity index (χ4v) is 4.09. The van der Waals surface area contributed by atoms with Crippen LogP contribution in [0.5, 0.6) is 0 Å². The van der Waals surface area contributed by atoms with Crippen molar-refractivity contribution in [2.75, 3.05) is 15.9 Å². The van der Waals surface area contributed by atoms with Crippen molar-refractivity contribution in [2.24, 2.45) is 0 Å². The number of hydrogen-bond acceptors (Lipinski definition) is 3. The minimum atomic E-state index is -3.73. The lowest BCUT2D eigenvalue weighted by Crippen LogP contribution is -2.45. The van der Waals surface area contributed by atoms with E-state index in [1.165, 1.54) is 25.1 Å². The first-order valence-electron chi connectivity index (χ1n) is 8.36. The number of nitrogens with one attached hydrogen (secondary N) is 1. The van der Waals surface area contributed by atoms with Gasteiger partial charge in [-0.05, 0) is 48.7 Å². The predicted molar refractivity (Wildman–Crippen MR) is 112 cm³/mol. The van der Waals surface area contributed by atoms with Crippen LogP contribution in [0.25, 0.3) is 0 Å². The zero-order valence-corrected chi connectivity index (χ0v) is 17.9. The molecule has 0 bridgehead atoms. The Bertz CT molecular complexity index is 928. The molecule has 1 atom stereocenters. The van der Waals surface area contributed by atoms with Gasteiger partial charge in [0.25, 0.3) is 0 Å². The molecule has 0 saturated heterocycles. The maximum Gasteiger partial charge on any atom is 0.247 e. The minimum absolute atomic E-state index is 0.208. The largest absolute Gasteiger partial charge is 0.324 e. The second-order valence-corrected chi connectivity index (χ2v) is 9.27. The predicted octanol–water partition coefficient (Wildman–Crippen LogP) is 4.91. The molecule has 0 aliphatic carbocycles. The summed E-state index contributed by atoms with van der Waals surface area (Å²) in [5.41, 5.74) is 2.01. The normalized spacial score (nSPS) is 12.7. The van der Waals surface area contributed by atoms with Gasteiger partial charge in [0.05, 0.1) is 22.0 Å². The summed E-state index contributed by atoms with van der Waals surface area (Å²) < 4.78 is 25.7. The number of nitrogens with zero attached hydrogens (tertiary/aromatic N) is 1. The molecular formula is C19H22Cl2N2O3S. The smallest absolute Gasteiger partial charge is 0.247 e. The van der Waals surface area contributed by atoms with Crippen LogP contribution < -0.4 is 9.62 Å². The van der Waals surface area contributed by atoms with Crippen LogP contribution in [-0.4, -0.2) is 26.6 Å². The van der Waals surface area contributed by atoms with Gasteiger partial charge in [0.2, 0.25) is 15.9 Å². The Hall–Kier alpha value is -1.76. The van der Waals surface area contributed by atoms with E-state index in [1.807, 2.05) is 12.1 Å².